The highest BCUT2D eigenvalue weighted by molar-refractivity contribution is 7.11. The molecule has 33 heavy (non-hydrogen) atoms. The molecule has 1 heterocycles. The normalized spacial score (nSPS) is 17.0. The Labute approximate surface area is 199 Å². The number of carboxylic acid groups (broad SMARTS) is 1. The number of aliphatic hydroxyl groups is 1. The molecule has 3 atom stereocenters. The van der Waals surface area contributed by atoms with E-state index in [0.717, 1.165) is 41.1 Å². The zero-order chi connectivity index (χ0) is 24.1. The summed E-state index contributed by atoms with van der Waals surface area (Å²) >= 11 is 1.51. The van der Waals surface area contributed by atoms with Crippen LogP contribution in [0.5, 0.6) is 11.5 Å². The number of benzene rings is 1. The Morgan fingerprint density at radius 3 is 2.33 bits per heavy atom. The van der Waals surface area contributed by atoms with Crippen molar-refractivity contribution < 1.29 is 29.2 Å². The van der Waals surface area contributed by atoms with Crippen LogP contribution in [-0.2, 0) is 16.0 Å². The molecular weight excluding hydrogens is 442 g/mol. The molecule has 1 aliphatic rings. The molecule has 182 valence electrons. The number of carboxylic acids is 1. The van der Waals surface area contributed by atoms with Crippen LogP contribution in [-0.4, -0.2) is 47.6 Å². The quantitative estimate of drug-likeness (QED) is 0.472. The van der Waals surface area contributed by atoms with Gasteiger partial charge in [-0.2, -0.15) is 0 Å². The molecule has 1 aliphatic carbocycles. The smallest absolute Gasteiger partial charge is 0.312 e. The third-order valence-corrected chi connectivity index (χ3v) is 7.48. The Morgan fingerprint density at radius 1 is 1.18 bits per heavy atom. The molecule has 3 rings (SSSR count). The number of aromatic nitrogens is 1. The lowest BCUT2D eigenvalue weighted by Crippen LogP contribution is -2.27. The molecule has 2 aromatic rings. The highest BCUT2D eigenvalue weighted by Gasteiger charge is 2.29. The van der Waals surface area contributed by atoms with E-state index in [0.29, 0.717) is 35.6 Å². The van der Waals surface area contributed by atoms with E-state index in [9.17, 15) is 15.0 Å². The van der Waals surface area contributed by atoms with E-state index in [4.69, 9.17) is 14.2 Å². The predicted molar refractivity (Wildman–Crippen MR) is 128 cm³/mol. The summed E-state index contributed by atoms with van der Waals surface area (Å²) in [6.07, 6.45) is 4.32. The minimum absolute atomic E-state index is 0.138. The number of hydrogen-bond acceptors (Lipinski definition) is 7. The van der Waals surface area contributed by atoms with Crippen LogP contribution in [0.1, 0.15) is 77.8 Å². The average Bonchev–Trinajstić information content (AvgIpc) is 3.45. The van der Waals surface area contributed by atoms with Crippen molar-refractivity contribution in [3.8, 4) is 11.5 Å². The molecule has 0 bridgehead atoms. The van der Waals surface area contributed by atoms with Gasteiger partial charge >= 0.3 is 5.97 Å². The molecule has 7 nitrogen and oxygen atoms in total. The van der Waals surface area contributed by atoms with Crippen LogP contribution in [0.2, 0.25) is 0 Å². The highest BCUT2D eigenvalue weighted by atomic mass is 32.1. The van der Waals surface area contributed by atoms with Gasteiger partial charge in [0, 0.05) is 16.9 Å². The van der Waals surface area contributed by atoms with Gasteiger partial charge in [0.15, 0.2) is 0 Å². The molecule has 1 aromatic carbocycles. The first kappa shape index (κ1) is 25.5. The van der Waals surface area contributed by atoms with Crippen LogP contribution in [0.15, 0.2) is 12.1 Å². The van der Waals surface area contributed by atoms with Crippen LogP contribution in [0.3, 0.4) is 0 Å². The molecule has 0 aliphatic heterocycles. The molecule has 1 fully saturated rings. The van der Waals surface area contributed by atoms with E-state index in [2.05, 4.69) is 4.98 Å². The second kappa shape index (κ2) is 11.3. The van der Waals surface area contributed by atoms with E-state index in [-0.39, 0.29) is 6.10 Å². The van der Waals surface area contributed by atoms with Crippen molar-refractivity contribution >= 4 is 17.3 Å². The molecule has 0 amide bonds. The number of carbonyl (C=O) groups is 1. The van der Waals surface area contributed by atoms with Gasteiger partial charge in [0.05, 0.1) is 43.0 Å². The van der Waals surface area contributed by atoms with E-state index >= 15 is 0 Å². The van der Waals surface area contributed by atoms with Crippen molar-refractivity contribution in [1.29, 1.82) is 0 Å². The number of thiazole rings is 1. The molecule has 1 saturated carbocycles. The maximum absolute atomic E-state index is 11.4. The van der Waals surface area contributed by atoms with Gasteiger partial charge in [-0.3, -0.25) is 4.79 Å². The molecule has 0 unspecified atom stereocenters. The van der Waals surface area contributed by atoms with Gasteiger partial charge in [0.25, 0.3) is 0 Å². The first-order valence-corrected chi connectivity index (χ1v) is 12.3. The maximum atomic E-state index is 11.4. The van der Waals surface area contributed by atoms with Crippen LogP contribution >= 0.6 is 11.3 Å². The SMILES string of the molecule is COc1cc([C@@H](O)[C@H](CCc2nc([C@H](C)C(=O)O)c(C)s2)OC2CCCC2)cc(OC)c1C. The fourth-order valence-corrected chi connectivity index (χ4v) is 5.46. The number of hydrogen-bond donors (Lipinski definition) is 2. The fourth-order valence-electron chi connectivity index (χ4n) is 4.42. The first-order chi connectivity index (χ1) is 15.7. The van der Waals surface area contributed by atoms with Gasteiger partial charge in [-0.05, 0) is 57.7 Å². The largest absolute Gasteiger partial charge is 0.496 e. The lowest BCUT2D eigenvalue weighted by molar-refractivity contribution is -0.138. The molecule has 0 saturated heterocycles. The zero-order valence-corrected chi connectivity index (χ0v) is 20.9. The van der Waals surface area contributed by atoms with Crippen molar-refractivity contribution in [3.05, 3.63) is 38.8 Å². The van der Waals surface area contributed by atoms with E-state index in [1.54, 1.807) is 21.1 Å². The van der Waals surface area contributed by atoms with E-state index in [1.807, 2.05) is 26.0 Å². The number of aliphatic hydroxyl groups excluding tert-OH is 1. The minimum Gasteiger partial charge on any atom is -0.496 e. The second-order valence-corrected chi connectivity index (χ2v) is 10.0. The summed E-state index contributed by atoms with van der Waals surface area (Å²) in [6.45, 7) is 5.48. The number of rotatable bonds is 11. The topological polar surface area (TPSA) is 98.1 Å². The summed E-state index contributed by atoms with van der Waals surface area (Å²) in [5, 5.41) is 21.5. The lowest BCUT2D eigenvalue weighted by atomic mass is 9.98. The van der Waals surface area contributed by atoms with E-state index in [1.165, 1.54) is 11.3 Å². The molecule has 2 N–H and O–H groups in total. The van der Waals surface area contributed by atoms with Crippen LogP contribution in [0.25, 0.3) is 0 Å². The number of ether oxygens (including phenoxy) is 3. The summed E-state index contributed by atoms with van der Waals surface area (Å²) in [5.74, 6) is -0.203. The Hall–Kier alpha value is -2.16. The first-order valence-electron chi connectivity index (χ1n) is 11.5. The molecule has 8 heteroatoms. The predicted octanol–water partition coefficient (Wildman–Crippen LogP) is 4.96. The Bertz CT molecular complexity index is 927. The summed E-state index contributed by atoms with van der Waals surface area (Å²) in [7, 11) is 3.20. The van der Waals surface area contributed by atoms with Crippen LogP contribution < -0.4 is 9.47 Å². The molecule has 0 radical (unpaired) electrons. The van der Waals surface area contributed by atoms with Crippen LogP contribution in [0.4, 0.5) is 0 Å². The third-order valence-electron chi connectivity index (χ3n) is 6.44. The Morgan fingerprint density at radius 2 is 1.79 bits per heavy atom. The Balaban J connectivity index is 1.82. The van der Waals surface area contributed by atoms with Crippen molar-refractivity contribution in [3.63, 3.8) is 0 Å². The fraction of sp³-hybridized carbons (Fsp3) is 0.600. The number of aliphatic carboxylic acids is 1. The molecular formula is C25H35NO6S. The number of methoxy groups -OCH3 is 2. The molecule has 0 spiro atoms. The van der Waals surface area contributed by atoms with Gasteiger partial charge in [-0.1, -0.05) is 12.8 Å². The summed E-state index contributed by atoms with van der Waals surface area (Å²) in [4.78, 5) is 16.9. The van der Waals surface area contributed by atoms with Crippen molar-refractivity contribution in [2.45, 2.75) is 83.5 Å². The number of aryl methyl sites for hydroxylation is 2. The summed E-state index contributed by atoms with van der Waals surface area (Å²) in [5.41, 5.74) is 2.18. The van der Waals surface area contributed by atoms with Crippen molar-refractivity contribution in [2.75, 3.05) is 14.2 Å². The van der Waals surface area contributed by atoms with Gasteiger partial charge in [-0.25, -0.2) is 4.98 Å². The Kier molecular flexibility index (Phi) is 8.73. The lowest BCUT2D eigenvalue weighted by Gasteiger charge is -2.27. The summed E-state index contributed by atoms with van der Waals surface area (Å²) in [6, 6.07) is 3.68. The van der Waals surface area contributed by atoms with Gasteiger partial charge in [0.2, 0.25) is 0 Å². The maximum Gasteiger partial charge on any atom is 0.312 e. The van der Waals surface area contributed by atoms with Crippen LogP contribution in [0, 0.1) is 13.8 Å². The monoisotopic (exact) mass is 477 g/mol. The highest BCUT2D eigenvalue weighted by Crippen LogP contribution is 2.36. The number of nitrogens with zero attached hydrogens (tertiary/aromatic N) is 1. The molecule has 1 aromatic heterocycles. The average molecular weight is 478 g/mol. The van der Waals surface area contributed by atoms with Gasteiger partial charge in [-0.15, -0.1) is 11.3 Å². The van der Waals surface area contributed by atoms with Crippen molar-refractivity contribution in [1.82, 2.24) is 4.98 Å². The second-order valence-electron chi connectivity index (χ2n) is 8.72. The zero-order valence-electron chi connectivity index (χ0n) is 20.1. The standard InChI is InChI=1S/C25H35NO6S/c1-14-20(30-4)12-17(13-21(14)31-5)24(27)19(32-18-8-6-7-9-18)10-11-22-26-23(16(3)33-22)15(2)25(28)29/h12-13,15,18-19,24,27H,6-11H2,1-5H3,(H,28,29)/t15-,19-,24+/m0/s1. The van der Waals surface area contributed by atoms with Gasteiger partial charge in [0.1, 0.15) is 17.6 Å². The summed E-state index contributed by atoms with van der Waals surface area (Å²) < 4.78 is 17.4. The van der Waals surface area contributed by atoms with E-state index < -0.39 is 24.1 Å². The minimum atomic E-state index is -0.880. The van der Waals surface area contributed by atoms with Crippen molar-refractivity contribution in [2.24, 2.45) is 0 Å². The van der Waals surface area contributed by atoms with Gasteiger partial charge < -0.3 is 24.4 Å². The third kappa shape index (κ3) is 6.05.